The summed E-state index contributed by atoms with van der Waals surface area (Å²) in [6, 6.07) is -0.503. The molecular weight excluding hydrogens is 274 g/mol. The zero-order chi connectivity index (χ0) is 15.4. The van der Waals surface area contributed by atoms with Crippen LogP contribution in [0, 0.1) is 12.8 Å². The average Bonchev–Trinajstić information content (AvgIpc) is 2.94. The third-order valence-corrected chi connectivity index (χ3v) is 4.17. The number of aryl methyl sites for hydroxylation is 1. The normalized spacial score (nSPS) is 22.8. The molecule has 2 atom stereocenters. The molecule has 6 nitrogen and oxygen atoms in total. The number of likely N-dealkylation sites (tertiary alicyclic amines) is 1. The first-order chi connectivity index (χ1) is 10.0. The van der Waals surface area contributed by atoms with Crippen molar-refractivity contribution in [3.8, 4) is 0 Å². The molecule has 1 N–H and O–H groups in total. The van der Waals surface area contributed by atoms with Crippen molar-refractivity contribution in [3.05, 3.63) is 22.1 Å². The van der Waals surface area contributed by atoms with Crippen LogP contribution in [-0.4, -0.2) is 28.6 Å². The Morgan fingerprint density at radius 3 is 2.71 bits per heavy atom. The van der Waals surface area contributed by atoms with Crippen LogP contribution in [0.25, 0.3) is 0 Å². The van der Waals surface area contributed by atoms with Gasteiger partial charge in [0, 0.05) is 6.54 Å². The summed E-state index contributed by atoms with van der Waals surface area (Å²) in [7, 11) is 0. The molecule has 0 saturated carbocycles. The number of hydrogen-bond acceptors (Lipinski definition) is 5. The van der Waals surface area contributed by atoms with Gasteiger partial charge in [-0.25, -0.2) is 4.79 Å². The van der Waals surface area contributed by atoms with Crippen LogP contribution < -0.4 is 5.82 Å². The zero-order valence-corrected chi connectivity index (χ0v) is 12.6. The summed E-state index contributed by atoms with van der Waals surface area (Å²) < 4.78 is 9.81. The highest BCUT2D eigenvalue weighted by atomic mass is 16.6. The SMILES string of the molecule is CCCCCC1CC(C(=O)O)N(Cc2oc(=O)oc2C)C1. The first kappa shape index (κ1) is 15.8. The van der Waals surface area contributed by atoms with Crippen molar-refractivity contribution >= 4 is 5.97 Å². The van der Waals surface area contributed by atoms with Gasteiger partial charge in [-0.05, 0) is 25.7 Å². The largest absolute Gasteiger partial charge is 0.519 e. The van der Waals surface area contributed by atoms with E-state index in [1.807, 2.05) is 4.90 Å². The molecule has 0 aliphatic carbocycles. The van der Waals surface area contributed by atoms with Crippen molar-refractivity contribution in [2.24, 2.45) is 5.92 Å². The summed E-state index contributed by atoms with van der Waals surface area (Å²) >= 11 is 0. The Kier molecular flexibility index (Phi) is 5.22. The summed E-state index contributed by atoms with van der Waals surface area (Å²) in [5, 5.41) is 9.37. The molecule has 2 rings (SSSR count). The third kappa shape index (κ3) is 3.97. The highest BCUT2D eigenvalue weighted by Crippen LogP contribution is 2.29. The summed E-state index contributed by atoms with van der Waals surface area (Å²) in [5.74, 6) is -0.278. The standard InChI is InChI=1S/C15H23NO5/c1-3-4-5-6-11-7-12(14(17)18)16(8-11)9-13-10(2)20-15(19)21-13/h11-12H,3-9H2,1-2H3,(H,17,18). The number of hydrogen-bond donors (Lipinski definition) is 1. The van der Waals surface area contributed by atoms with Crippen molar-refractivity contribution in [1.82, 2.24) is 4.90 Å². The van der Waals surface area contributed by atoms with Crippen LogP contribution in [0.3, 0.4) is 0 Å². The van der Waals surface area contributed by atoms with E-state index in [-0.39, 0.29) is 0 Å². The van der Waals surface area contributed by atoms with Gasteiger partial charge < -0.3 is 13.9 Å². The van der Waals surface area contributed by atoms with Crippen LogP contribution in [0.4, 0.5) is 0 Å². The lowest BCUT2D eigenvalue weighted by atomic mass is 9.98. The van der Waals surface area contributed by atoms with E-state index < -0.39 is 17.8 Å². The Labute approximate surface area is 123 Å². The molecule has 1 aromatic rings. The van der Waals surface area contributed by atoms with Gasteiger partial charge in [0.2, 0.25) is 0 Å². The van der Waals surface area contributed by atoms with E-state index in [2.05, 4.69) is 6.92 Å². The van der Waals surface area contributed by atoms with Gasteiger partial charge >= 0.3 is 11.8 Å². The van der Waals surface area contributed by atoms with Crippen LogP contribution in [0.5, 0.6) is 0 Å². The molecular formula is C15H23NO5. The molecule has 118 valence electrons. The fourth-order valence-corrected chi connectivity index (χ4v) is 3.03. The molecule has 2 heterocycles. The van der Waals surface area contributed by atoms with Gasteiger partial charge in [0.1, 0.15) is 11.8 Å². The van der Waals surface area contributed by atoms with Crippen molar-refractivity contribution in [1.29, 1.82) is 0 Å². The number of carboxylic acid groups (broad SMARTS) is 1. The molecule has 1 aliphatic rings. The van der Waals surface area contributed by atoms with Gasteiger partial charge in [-0.1, -0.05) is 26.2 Å². The van der Waals surface area contributed by atoms with Crippen molar-refractivity contribution < 1.29 is 18.7 Å². The van der Waals surface area contributed by atoms with E-state index in [1.165, 1.54) is 6.42 Å². The Bertz CT molecular complexity index is 532. The fraction of sp³-hybridized carbons (Fsp3) is 0.733. The first-order valence-electron chi connectivity index (χ1n) is 7.57. The number of rotatable bonds is 7. The number of aliphatic carboxylic acids is 1. The van der Waals surface area contributed by atoms with Gasteiger partial charge in [0.05, 0.1) is 6.54 Å². The van der Waals surface area contributed by atoms with Crippen LogP contribution >= 0.6 is 0 Å². The van der Waals surface area contributed by atoms with Crippen LogP contribution in [-0.2, 0) is 11.3 Å². The van der Waals surface area contributed by atoms with Crippen molar-refractivity contribution in [2.45, 2.75) is 58.5 Å². The van der Waals surface area contributed by atoms with Gasteiger partial charge in [0.25, 0.3) is 0 Å². The summed E-state index contributed by atoms with van der Waals surface area (Å²) in [4.78, 5) is 24.4. The maximum atomic E-state index is 11.4. The lowest BCUT2D eigenvalue weighted by Gasteiger charge is -2.19. The summed E-state index contributed by atoms with van der Waals surface area (Å²) in [5.41, 5.74) is 0. The first-order valence-corrected chi connectivity index (χ1v) is 7.57. The smallest absolute Gasteiger partial charge is 0.480 e. The van der Waals surface area contributed by atoms with E-state index in [9.17, 15) is 14.7 Å². The van der Waals surface area contributed by atoms with Gasteiger partial charge in [-0.3, -0.25) is 9.69 Å². The Morgan fingerprint density at radius 1 is 1.38 bits per heavy atom. The summed E-state index contributed by atoms with van der Waals surface area (Å²) in [6.07, 6.45) is 5.21. The fourth-order valence-electron chi connectivity index (χ4n) is 3.03. The van der Waals surface area contributed by atoms with E-state index >= 15 is 0 Å². The van der Waals surface area contributed by atoms with Crippen LogP contribution in [0.2, 0.25) is 0 Å². The summed E-state index contributed by atoms with van der Waals surface area (Å²) in [6.45, 7) is 4.86. The monoisotopic (exact) mass is 297 g/mol. The molecule has 1 aliphatic heterocycles. The van der Waals surface area contributed by atoms with Crippen LogP contribution in [0.1, 0.15) is 50.5 Å². The minimum Gasteiger partial charge on any atom is -0.480 e. The average molecular weight is 297 g/mol. The molecule has 1 fully saturated rings. The highest BCUT2D eigenvalue weighted by Gasteiger charge is 2.37. The quantitative estimate of drug-likeness (QED) is 0.778. The molecule has 21 heavy (non-hydrogen) atoms. The number of carbonyl (C=O) groups is 1. The molecule has 0 bridgehead atoms. The van der Waals surface area contributed by atoms with E-state index in [4.69, 9.17) is 8.83 Å². The second-order valence-corrected chi connectivity index (χ2v) is 5.81. The highest BCUT2D eigenvalue weighted by molar-refractivity contribution is 5.73. The number of carboxylic acids is 1. The Morgan fingerprint density at radius 2 is 2.14 bits per heavy atom. The maximum absolute atomic E-state index is 11.4. The molecule has 0 aromatic carbocycles. The molecule has 2 unspecified atom stereocenters. The van der Waals surface area contributed by atoms with Gasteiger partial charge in [-0.2, -0.15) is 0 Å². The second-order valence-electron chi connectivity index (χ2n) is 5.81. The molecule has 1 saturated heterocycles. The molecule has 6 heteroatoms. The lowest BCUT2D eigenvalue weighted by Crippen LogP contribution is -2.35. The van der Waals surface area contributed by atoms with E-state index in [0.717, 1.165) is 25.8 Å². The Hall–Kier alpha value is -1.56. The Balaban J connectivity index is 2.00. The lowest BCUT2D eigenvalue weighted by molar-refractivity contribution is -0.142. The van der Waals surface area contributed by atoms with Gasteiger partial charge in [-0.15, -0.1) is 0 Å². The molecule has 1 aromatic heterocycles. The molecule has 0 radical (unpaired) electrons. The van der Waals surface area contributed by atoms with Crippen LogP contribution in [0.15, 0.2) is 13.6 Å². The van der Waals surface area contributed by atoms with E-state index in [1.54, 1.807) is 6.92 Å². The second kappa shape index (κ2) is 6.93. The van der Waals surface area contributed by atoms with E-state index in [0.29, 0.717) is 30.4 Å². The topological polar surface area (TPSA) is 83.9 Å². The maximum Gasteiger partial charge on any atom is 0.519 e. The molecule has 0 amide bonds. The number of unbranched alkanes of at least 4 members (excludes halogenated alkanes) is 2. The molecule has 0 spiro atoms. The third-order valence-electron chi connectivity index (χ3n) is 4.17. The predicted octanol–water partition coefficient (Wildman–Crippen LogP) is 2.40. The minimum absolute atomic E-state index is 0.318. The van der Waals surface area contributed by atoms with Crippen molar-refractivity contribution in [2.75, 3.05) is 6.54 Å². The van der Waals surface area contributed by atoms with Gasteiger partial charge in [0.15, 0.2) is 5.76 Å². The minimum atomic E-state index is -0.809. The zero-order valence-electron chi connectivity index (χ0n) is 12.6. The predicted molar refractivity (Wildman–Crippen MR) is 76.1 cm³/mol. The number of nitrogens with zero attached hydrogens (tertiary/aromatic N) is 1. The van der Waals surface area contributed by atoms with Crippen molar-refractivity contribution in [3.63, 3.8) is 0 Å².